The molecule has 2 aromatic carbocycles. The van der Waals surface area contributed by atoms with Crippen LogP contribution in [0, 0.1) is 0 Å². The number of methoxy groups -OCH3 is 1. The van der Waals surface area contributed by atoms with Crippen molar-refractivity contribution in [1.82, 2.24) is 9.97 Å². The molecular formula is C25H19ClN4O4S. The van der Waals surface area contributed by atoms with Crippen LogP contribution in [0.5, 0.6) is 5.75 Å². The Balaban J connectivity index is 1.53. The van der Waals surface area contributed by atoms with E-state index in [-0.39, 0.29) is 37.1 Å². The maximum Gasteiger partial charge on any atom is 0.260 e. The van der Waals surface area contributed by atoms with E-state index in [1.165, 1.54) is 11.3 Å². The Morgan fingerprint density at radius 3 is 2.51 bits per heavy atom. The second-order valence-electron chi connectivity index (χ2n) is 7.85. The number of benzene rings is 2. The Bertz CT molecular complexity index is 1420. The van der Waals surface area contributed by atoms with E-state index in [4.69, 9.17) is 16.3 Å². The zero-order valence-electron chi connectivity index (χ0n) is 18.6. The second-order valence-corrected chi connectivity index (χ2v) is 9.23. The normalized spacial score (nSPS) is 13.5. The fourth-order valence-corrected chi connectivity index (χ4v) is 5.15. The van der Waals surface area contributed by atoms with Gasteiger partial charge in [-0.25, -0.2) is 4.98 Å². The van der Waals surface area contributed by atoms with E-state index < -0.39 is 0 Å². The van der Waals surface area contributed by atoms with E-state index >= 15 is 0 Å². The number of hydrogen-bond acceptors (Lipinski definition) is 7. The highest BCUT2D eigenvalue weighted by molar-refractivity contribution is 7.23. The van der Waals surface area contributed by atoms with Gasteiger partial charge in [-0.1, -0.05) is 29.0 Å². The first-order valence-electron chi connectivity index (χ1n) is 10.8. The molecule has 176 valence electrons. The topological polar surface area (TPSA) is 92.7 Å². The maximum absolute atomic E-state index is 13.7. The van der Waals surface area contributed by atoms with Crippen molar-refractivity contribution < 1.29 is 19.1 Å². The van der Waals surface area contributed by atoms with Crippen LogP contribution in [0.1, 0.15) is 28.8 Å². The molecule has 1 saturated heterocycles. The smallest absolute Gasteiger partial charge is 0.260 e. The predicted octanol–water partition coefficient (Wildman–Crippen LogP) is 4.85. The SMILES string of the molecule is COc1ccc(Cl)c2sc(N(Cc3cccnc3)C(=O)c3ccc(N4C(=O)CCC4=O)cc3)nc12. The number of fused-ring (bicyclic) bond motifs is 1. The molecule has 0 atom stereocenters. The van der Waals surface area contributed by atoms with Crippen LogP contribution in [-0.2, 0) is 16.1 Å². The van der Waals surface area contributed by atoms with Gasteiger partial charge in [-0.05, 0) is 48.0 Å². The van der Waals surface area contributed by atoms with Crippen LogP contribution in [0.4, 0.5) is 10.8 Å². The van der Waals surface area contributed by atoms with Gasteiger partial charge in [0.25, 0.3) is 5.91 Å². The molecule has 3 heterocycles. The Hall–Kier alpha value is -3.82. The van der Waals surface area contributed by atoms with E-state index in [1.807, 2.05) is 6.07 Å². The molecule has 0 spiro atoms. The molecule has 1 fully saturated rings. The fraction of sp³-hybridized carbons (Fsp3) is 0.160. The highest BCUT2D eigenvalue weighted by Crippen LogP contribution is 2.39. The average molecular weight is 507 g/mol. The van der Waals surface area contributed by atoms with Crippen LogP contribution in [0.25, 0.3) is 10.2 Å². The molecule has 0 N–H and O–H groups in total. The number of rotatable bonds is 6. The minimum Gasteiger partial charge on any atom is -0.494 e. The molecule has 2 aromatic heterocycles. The quantitative estimate of drug-likeness (QED) is 0.347. The number of thiazole rings is 1. The lowest BCUT2D eigenvalue weighted by molar-refractivity contribution is -0.121. The first-order valence-corrected chi connectivity index (χ1v) is 12.0. The van der Waals surface area contributed by atoms with Gasteiger partial charge in [0.2, 0.25) is 11.8 Å². The molecule has 3 amide bonds. The number of aromatic nitrogens is 2. The summed E-state index contributed by atoms with van der Waals surface area (Å²) in [6.07, 6.45) is 3.75. The summed E-state index contributed by atoms with van der Waals surface area (Å²) >= 11 is 7.70. The Labute approximate surface area is 209 Å². The third-order valence-electron chi connectivity index (χ3n) is 5.63. The summed E-state index contributed by atoms with van der Waals surface area (Å²) in [5.41, 5.74) is 2.23. The number of ether oxygens (including phenoxy) is 1. The number of halogens is 1. The van der Waals surface area contributed by atoms with Crippen molar-refractivity contribution in [2.24, 2.45) is 0 Å². The minimum absolute atomic E-state index is 0.196. The number of amides is 3. The predicted molar refractivity (Wildman–Crippen MR) is 134 cm³/mol. The van der Waals surface area contributed by atoms with E-state index in [2.05, 4.69) is 9.97 Å². The lowest BCUT2D eigenvalue weighted by Crippen LogP contribution is -2.31. The van der Waals surface area contributed by atoms with Crippen molar-refractivity contribution in [3.8, 4) is 5.75 Å². The zero-order valence-corrected chi connectivity index (χ0v) is 20.2. The van der Waals surface area contributed by atoms with Crippen LogP contribution < -0.4 is 14.5 Å². The van der Waals surface area contributed by atoms with Crippen molar-refractivity contribution in [3.05, 3.63) is 77.1 Å². The first kappa shape index (κ1) is 22.9. The Morgan fingerprint density at radius 2 is 1.86 bits per heavy atom. The molecule has 0 unspecified atom stereocenters. The lowest BCUT2D eigenvalue weighted by Gasteiger charge is -2.20. The average Bonchev–Trinajstić information content (AvgIpc) is 3.47. The molecule has 0 radical (unpaired) electrons. The molecule has 0 aliphatic carbocycles. The molecule has 35 heavy (non-hydrogen) atoms. The zero-order chi connectivity index (χ0) is 24.5. The summed E-state index contributed by atoms with van der Waals surface area (Å²) in [7, 11) is 1.55. The first-order chi connectivity index (χ1) is 17.0. The van der Waals surface area contributed by atoms with Gasteiger partial charge in [-0.15, -0.1) is 0 Å². The van der Waals surface area contributed by atoms with Gasteiger partial charge in [-0.3, -0.25) is 29.2 Å². The van der Waals surface area contributed by atoms with Crippen molar-refractivity contribution in [1.29, 1.82) is 0 Å². The van der Waals surface area contributed by atoms with Crippen LogP contribution in [-0.4, -0.2) is 34.8 Å². The number of carbonyl (C=O) groups is 3. The maximum atomic E-state index is 13.7. The van der Waals surface area contributed by atoms with Crippen molar-refractivity contribution in [2.45, 2.75) is 19.4 Å². The van der Waals surface area contributed by atoms with Crippen LogP contribution in [0.15, 0.2) is 60.9 Å². The summed E-state index contributed by atoms with van der Waals surface area (Å²) in [6.45, 7) is 0.233. The van der Waals surface area contributed by atoms with Crippen LogP contribution >= 0.6 is 22.9 Å². The van der Waals surface area contributed by atoms with Gasteiger partial charge in [-0.2, -0.15) is 0 Å². The number of carbonyl (C=O) groups excluding carboxylic acids is 3. The molecule has 4 aromatic rings. The standard InChI is InChI=1S/C25H19ClN4O4S/c1-34-19-9-8-18(26)23-22(19)28-25(35-23)29(14-15-3-2-12-27-13-15)24(33)16-4-6-17(7-5-16)30-20(31)10-11-21(30)32/h2-9,12-13H,10-11,14H2,1H3. The van der Waals surface area contributed by atoms with Crippen molar-refractivity contribution in [2.75, 3.05) is 16.9 Å². The number of hydrogen-bond donors (Lipinski definition) is 0. The van der Waals surface area contributed by atoms with E-state index in [0.717, 1.165) is 10.5 Å². The molecule has 5 rings (SSSR count). The number of imide groups is 1. The molecule has 8 nitrogen and oxygen atoms in total. The summed E-state index contributed by atoms with van der Waals surface area (Å²) in [6, 6.07) is 13.6. The van der Waals surface area contributed by atoms with E-state index in [0.29, 0.717) is 37.4 Å². The van der Waals surface area contributed by atoms with Gasteiger partial charge in [0.15, 0.2) is 5.13 Å². The summed E-state index contributed by atoms with van der Waals surface area (Å²) in [5, 5.41) is 0.969. The largest absolute Gasteiger partial charge is 0.494 e. The van der Waals surface area contributed by atoms with E-state index in [1.54, 1.807) is 66.9 Å². The van der Waals surface area contributed by atoms with Crippen LogP contribution in [0.2, 0.25) is 5.02 Å². The number of pyridine rings is 1. The van der Waals surface area contributed by atoms with Gasteiger partial charge < -0.3 is 4.74 Å². The third-order valence-corrected chi connectivity index (χ3v) is 7.17. The third kappa shape index (κ3) is 4.36. The van der Waals surface area contributed by atoms with Crippen LogP contribution in [0.3, 0.4) is 0 Å². The van der Waals surface area contributed by atoms with Gasteiger partial charge >= 0.3 is 0 Å². The lowest BCUT2D eigenvalue weighted by atomic mass is 10.1. The summed E-state index contributed by atoms with van der Waals surface area (Å²) in [4.78, 5) is 49.4. The summed E-state index contributed by atoms with van der Waals surface area (Å²) in [5.74, 6) is -0.223. The molecule has 1 aliphatic rings. The highest BCUT2D eigenvalue weighted by Gasteiger charge is 2.30. The van der Waals surface area contributed by atoms with Gasteiger partial charge in [0.1, 0.15) is 11.3 Å². The van der Waals surface area contributed by atoms with Crippen molar-refractivity contribution >= 4 is 61.7 Å². The molecule has 10 heteroatoms. The number of nitrogens with zero attached hydrogens (tertiary/aromatic N) is 4. The molecular weight excluding hydrogens is 488 g/mol. The number of anilines is 2. The highest BCUT2D eigenvalue weighted by atomic mass is 35.5. The van der Waals surface area contributed by atoms with Gasteiger partial charge in [0, 0.05) is 30.8 Å². The Kier molecular flexibility index (Phi) is 6.19. The summed E-state index contributed by atoms with van der Waals surface area (Å²) < 4.78 is 6.14. The van der Waals surface area contributed by atoms with E-state index in [9.17, 15) is 14.4 Å². The molecule has 1 aliphatic heterocycles. The fourth-order valence-electron chi connectivity index (χ4n) is 3.90. The molecule has 0 saturated carbocycles. The second kappa shape index (κ2) is 9.44. The Morgan fingerprint density at radius 1 is 1.11 bits per heavy atom. The van der Waals surface area contributed by atoms with Crippen molar-refractivity contribution in [3.63, 3.8) is 0 Å². The van der Waals surface area contributed by atoms with Gasteiger partial charge in [0.05, 0.1) is 29.1 Å². The monoisotopic (exact) mass is 506 g/mol. The minimum atomic E-state index is -0.298. The molecule has 0 bridgehead atoms.